The lowest BCUT2D eigenvalue weighted by molar-refractivity contribution is -0.387. The Morgan fingerprint density at radius 1 is 1.55 bits per heavy atom. The number of nitro benzene ring substituents is 1. The molecule has 8 heteroatoms. The van der Waals surface area contributed by atoms with Gasteiger partial charge in [0.1, 0.15) is 0 Å². The van der Waals surface area contributed by atoms with Crippen LogP contribution in [0.15, 0.2) is 18.2 Å². The summed E-state index contributed by atoms with van der Waals surface area (Å²) in [6.45, 7) is 0.0638. The molecule has 2 rings (SSSR count). The molecule has 20 heavy (non-hydrogen) atoms. The maximum absolute atomic E-state index is 13.2. The highest BCUT2D eigenvalue weighted by atomic mass is 19.1. The zero-order valence-electron chi connectivity index (χ0n) is 10.5. The Morgan fingerprint density at radius 2 is 2.25 bits per heavy atom. The van der Waals surface area contributed by atoms with E-state index in [-0.39, 0.29) is 24.6 Å². The van der Waals surface area contributed by atoms with Crippen molar-refractivity contribution in [1.82, 2.24) is 0 Å². The molecule has 1 atom stereocenters. The van der Waals surface area contributed by atoms with Crippen molar-refractivity contribution >= 4 is 23.3 Å². The third-order valence-corrected chi connectivity index (χ3v) is 3.10. The number of amides is 1. The number of halogens is 1. The Bertz CT molecular complexity index is 589. The Labute approximate surface area is 113 Å². The number of rotatable bonds is 3. The molecule has 0 aliphatic carbocycles. The fraction of sp³-hybridized carbons (Fsp3) is 0.333. The van der Waals surface area contributed by atoms with Gasteiger partial charge in [0.2, 0.25) is 11.7 Å². The number of hydrogen-bond donors (Lipinski definition) is 0. The lowest BCUT2D eigenvalue weighted by atomic mass is 10.1. The molecular weight excluding hydrogens is 271 g/mol. The van der Waals surface area contributed by atoms with Gasteiger partial charge in [-0.1, -0.05) is 0 Å². The zero-order valence-corrected chi connectivity index (χ0v) is 10.5. The minimum Gasteiger partial charge on any atom is -0.469 e. The molecule has 1 aliphatic heterocycles. The van der Waals surface area contributed by atoms with E-state index >= 15 is 0 Å². The molecule has 0 N–H and O–H groups in total. The molecule has 1 saturated heterocycles. The fourth-order valence-electron chi connectivity index (χ4n) is 2.09. The van der Waals surface area contributed by atoms with Gasteiger partial charge in [-0.25, -0.2) is 0 Å². The van der Waals surface area contributed by atoms with Gasteiger partial charge < -0.3 is 9.64 Å². The van der Waals surface area contributed by atoms with E-state index in [0.29, 0.717) is 0 Å². The summed E-state index contributed by atoms with van der Waals surface area (Å²) >= 11 is 0. The van der Waals surface area contributed by atoms with E-state index in [1.54, 1.807) is 0 Å². The number of ether oxygens (including phenoxy) is 1. The Hall–Kier alpha value is -2.51. The second-order valence-electron chi connectivity index (χ2n) is 4.32. The fourth-order valence-corrected chi connectivity index (χ4v) is 2.09. The molecule has 0 spiro atoms. The number of hydrogen-bond acceptors (Lipinski definition) is 5. The van der Waals surface area contributed by atoms with Gasteiger partial charge in [-0.05, 0) is 12.1 Å². The molecular formula is C12H11FN2O5. The van der Waals surface area contributed by atoms with Gasteiger partial charge in [-0.2, -0.15) is 4.39 Å². The standard InChI is InChI=1S/C12H11FN2O5/c1-20-12(17)7-4-11(16)14(6-7)8-2-3-9(13)10(5-8)15(18)19/h2-3,5,7H,4,6H2,1H3/t7-/m0/s1. The van der Waals surface area contributed by atoms with Crippen molar-refractivity contribution in [2.45, 2.75) is 6.42 Å². The van der Waals surface area contributed by atoms with Crippen LogP contribution in [-0.2, 0) is 14.3 Å². The van der Waals surface area contributed by atoms with E-state index in [1.807, 2.05) is 0 Å². The summed E-state index contributed by atoms with van der Waals surface area (Å²) in [5, 5.41) is 10.7. The minimum atomic E-state index is -0.977. The first-order valence-electron chi connectivity index (χ1n) is 5.76. The maximum Gasteiger partial charge on any atom is 0.311 e. The van der Waals surface area contributed by atoms with E-state index in [1.165, 1.54) is 18.1 Å². The molecule has 1 aromatic carbocycles. The van der Waals surface area contributed by atoms with Crippen LogP contribution in [0.3, 0.4) is 0 Å². The van der Waals surface area contributed by atoms with Crippen LogP contribution in [0.1, 0.15) is 6.42 Å². The van der Waals surface area contributed by atoms with E-state index in [2.05, 4.69) is 4.74 Å². The molecule has 0 radical (unpaired) electrons. The van der Waals surface area contributed by atoms with Crippen LogP contribution in [-0.4, -0.2) is 30.5 Å². The number of carbonyl (C=O) groups is 2. The summed E-state index contributed by atoms with van der Waals surface area (Å²) < 4.78 is 17.8. The number of esters is 1. The third kappa shape index (κ3) is 2.44. The van der Waals surface area contributed by atoms with Gasteiger partial charge in [-0.3, -0.25) is 19.7 Å². The lowest BCUT2D eigenvalue weighted by Crippen LogP contribution is -2.26. The predicted octanol–water partition coefficient (Wildman–Crippen LogP) is 1.26. The second-order valence-corrected chi connectivity index (χ2v) is 4.32. The van der Waals surface area contributed by atoms with Crippen LogP contribution in [0.5, 0.6) is 0 Å². The molecule has 1 aromatic rings. The summed E-state index contributed by atoms with van der Waals surface area (Å²) in [5.74, 6) is -2.47. The van der Waals surface area contributed by atoms with Gasteiger partial charge in [0.25, 0.3) is 0 Å². The average molecular weight is 282 g/mol. The van der Waals surface area contributed by atoms with Crippen molar-refractivity contribution in [3.63, 3.8) is 0 Å². The largest absolute Gasteiger partial charge is 0.469 e. The highest BCUT2D eigenvalue weighted by Crippen LogP contribution is 2.29. The first-order chi connectivity index (χ1) is 9.43. The quantitative estimate of drug-likeness (QED) is 0.473. The Balaban J connectivity index is 2.28. The first kappa shape index (κ1) is 13.9. The van der Waals surface area contributed by atoms with E-state index in [0.717, 1.165) is 12.1 Å². The van der Waals surface area contributed by atoms with Gasteiger partial charge in [-0.15, -0.1) is 0 Å². The van der Waals surface area contributed by atoms with E-state index in [4.69, 9.17) is 0 Å². The van der Waals surface area contributed by atoms with E-state index in [9.17, 15) is 24.1 Å². The maximum atomic E-state index is 13.2. The van der Waals surface area contributed by atoms with Crippen molar-refractivity contribution in [1.29, 1.82) is 0 Å². The highest BCUT2D eigenvalue weighted by molar-refractivity contribution is 5.99. The number of benzene rings is 1. The topological polar surface area (TPSA) is 89.8 Å². The van der Waals surface area contributed by atoms with Crippen LogP contribution in [0.25, 0.3) is 0 Å². The minimum absolute atomic E-state index is 0.0299. The van der Waals surface area contributed by atoms with Crippen molar-refractivity contribution in [2.24, 2.45) is 5.92 Å². The van der Waals surface area contributed by atoms with E-state index < -0.39 is 28.3 Å². The molecule has 106 valence electrons. The lowest BCUT2D eigenvalue weighted by Gasteiger charge is -2.16. The molecule has 0 bridgehead atoms. The van der Waals surface area contributed by atoms with Crippen LogP contribution >= 0.6 is 0 Å². The molecule has 1 heterocycles. The van der Waals surface area contributed by atoms with Crippen molar-refractivity contribution < 1.29 is 23.6 Å². The number of anilines is 1. The highest BCUT2D eigenvalue weighted by Gasteiger charge is 2.36. The number of carbonyl (C=O) groups excluding carboxylic acids is 2. The Morgan fingerprint density at radius 3 is 2.85 bits per heavy atom. The van der Waals surface area contributed by atoms with Gasteiger partial charge in [0.15, 0.2) is 0 Å². The van der Waals surface area contributed by atoms with Crippen LogP contribution in [0.2, 0.25) is 0 Å². The van der Waals surface area contributed by atoms with Crippen LogP contribution in [0, 0.1) is 21.8 Å². The van der Waals surface area contributed by atoms with Crippen molar-refractivity contribution in [3.05, 3.63) is 34.1 Å². The number of nitro groups is 1. The van der Waals surface area contributed by atoms with Crippen molar-refractivity contribution in [2.75, 3.05) is 18.6 Å². The zero-order chi connectivity index (χ0) is 14.9. The summed E-state index contributed by atoms with van der Waals surface area (Å²) in [6.07, 6.45) is -0.0299. The van der Waals surface area contributed by atoms with Gasteiger partial charge in [0, 0.05) is 19.0 Å². The number of methoxy groups -OCH3 is 1. The Kier molecular flexibility index (Phi) is 3.64. The predicted molar refractivity (Wildman–Crippen MR) is 65.5 cm³/mol. The molecule has 0 unspecified atom stereocenters. The van der Waals surface area contributed by atoms with Crippen molar-refractivity contribution in [3.8, 4) is 0 Å². The van der Waals surface area contributed by atoms with Gasteiger partial charge >= 0.3 is 11.7 Å². The normalized spacial score (nSPS) is 18.2. The smallest absolute Gasteiger partial charge is 0.311 e. The molecule has 1 aliphatic rings. The molecule has 1 amide bonds. The molecule has 7 nitrogen and oxygen atoms in total. The molecule has 0 saturated carbocycles. The van der Waals surface area contributed by atoms with Gasteiger partial charge in [0.05, 0.1) is 23.6 Å². The second kappa shape index (κ2) is 5.24. The average Bonchev–Trinajstić information content (AvgIpc) is 2.80. The molecule has 1 fully saturated rings. The number of nitrogens with zero attached hydrogens (tertiary/aromatic N) is 2. The molecule has 0 aromatic heterocycles. The summed E-state index contributed by atoms with van der Waals surface area (Å²) in [7, 11) is 1.22. The SMILES string of the molecule is COC(=O)[C@H]1CC(=O)N(c2ccc(F)c([N+](=O)[O-])c2)C1. The summed E-state index contributed by atoms with van der Waals surface area (Å²) in [4.78, 5) is 34.3. The summed E-state index contributed by atoms with van der Waals surface area (Å²) in [5.41, 5.74) is -0.522. The summed E-state index contributed by atoms with van der Waals surface area (Å²) in [6, 6.07) is 3.17. The van der Waals surface area contributed by atoms with Crippen LogP contribution < -0.4 is 4.90 Å². The van der Waals surface area contributed by atoms with Crippen LogP contribution in [0.4, 0.5) is 15.8 Å². The third-order valence-electron chi connectivity index (χ3n) is 3.10. The first-order valence-corrected chi connectivity index (χ1v) is 5.76. The monoisotopic (exact) mass is 282 g/mol.